The molecular formula is C17H22N4O2S. The van der Waals surface area contributed by atoms with Gasteiger partial charge in [-0.2, -0.15) is 11.3 Å². The second-order valence-corrected chi connectivity index (χ2v) is 6.94. The molecule has 2 amide bonds. The Kier molecular flexibility index (Phi) is 5.01. The molecule has 2 aromatic rings. The Morgan fingerprint density at radius 1 is 1.42 bits per heavy atom. The van der Waals surface area contributed by atoms with Crippen LogP contribution in [0.3, 0.4) is 0 Å². The van der Waals surface area contributed by atoms with Crippen LogP contribution in [-0.2, 0) is 5.60 Å². The number of carbonyl (C=O) groups is 1. The lowest BCUT2D eigenvalue weighted by Crippen LogP contribution is -2.40. The number of rotatable bonds is 5. The fourth-order valence-electron chi connectivity index (χ4n) is 2.77. The first-order chi connectivity index (χ1) is 11.6. The Bertz CT molecular complexity index is 682. The van der Waals surface area contributed by atoms with Crippen LogP contribution in [0.2, 0.25) is 0 Å². The number of hydrogen-bond donors (Lipinski definition) is 3. The monoisotopic (exact) mass is 346 g/mol. The van der Waals surface area contributed by atoms with Crippen LogP contribution in [0.15, 0.2) is 35.2 Å². The summed E-state index contributed by atoms with van der Waals surface area (Å²) >= 11 is 1.52. The zero-order valence-electron chi connectivity index (χ0n) is 13.7. The number of nitrogens with zero attached hydrogens (tertiary/aromatic N) is 2. The number of aromatic nitrogens is 1. The van der Waals surface area contributed by atoms with Crippen molar-refractivity contribution in [3.8, 4) is 0 Å². The molecule has 0 unspecified atom stereocenters. The molecule has 1 aliphatic heterocycles. The zero-order chi connectivity index (χ0) is 17.0. The predicted molar refractivity (Wildman–Crippen MR) is 96.6 cm³/mol. The summed E-state index contributed by atoms with van der Waals surface area (Å²) in [5.74, 6) is 0.801. The highest BCUT2D eigenvalue weighted by atomic mass is 32.1. The number of urea groups is 1. The lowest BCUT2D eigenvalue weighted by atomic mass is 9.99. The molecule has 2 aromatic heterocycles. The molecule has 1 atom stereocenters. The van der Waals surface area contributed by atoms with Crippen molar-refractivity contribution in [1.29, 1.82) is 0 Å². The van der Waals surface area contributed by atoms with Crippen LogP contribution in [0.25, 0.3) is 0 Å². The Balaban J connectivity index is 1.61. The smallest absolute Gasteiger partial charge is 0.319 e. The van der Waals surface area contributed by atoms with Crippen LogP contribution < -0.4 is 15.5 Å². The van der Waals surface area contributed by atoms with Gasteiger partial charge in [-0.05, 0) is 54.3 Å². The van der Waals surface area contributed by atoms with Gasteiger partial charge in [0.1, 0.15) is 5.60 Å². The van der Waals surface area contributed by atoms with Crippen molar-refractivity contribution < 1.29 is 9.90 Å². The molecule has 3 N–H and O–H groups in total. The second kappa shape index (κ2) is 7.19. The van der Waals surface area contributed by atoms with E-state index in [0.717, 1.165) is 37.3 Å². The minimum atomic E-state index is -1.09. The lowest BCUT2D eigenvalue weighted by Gasteiger charge is -2.24. The maximum absolute atomic E-state index is 12.2. The number of thiophene rings is 1. The molecule has 3 rings (SSSR count). The molecule has 128 valence electrons. The first-order valence-corrected chi connectivity index (χ1v) is 9.00. The molecule has 0 bridgehead atoms. The first kappa shape index (κ1) is 16.7. The molecule has 7 heteroatoms. The maximum Gasteiger partial charge on any atom is 0.319 e. The Morgan fingerprint density at radius 2 is 2.21 bits per heavy atom. The summed E-state index contributed by atoms with van der Waals surface area (Å²) in [4.78, 5) is 18.8. The number of nitrogens with one attached hydrogen (secondary N) is 2. The molecular weight excluding hydrogens is 324 g/mol. The van der Waals surface area contributed by atoms with Gasteiger partial charge in [0, 0.05) is 19.3 Å². The normalized spacial score (nSPS) is 16.7. The molecule has 0 saturated carbocycles. The summed E-state index contributed by atoms with van der Waals surface area (Å²) in [6.07, 6.45) is 4.02. The molecule has 6 nitrogen and oxygen atoms in total. The van der Waals surface area contributed by atoms with Gasteiger partial charge in [-0.3, -0.25) is 0 Å². The average Bonchev–Trinajstić information content (AvgIpc) is 3.27. The predicted octanol–water partition coefficient (Wildman–Crippen LogP) is 2.77. The highest BCUT2D eigenvalue weighted by molar-refractivity contribution is 7.08. The van der Waals surface area contributed by atoms with E-state index in [1.165, 1.54) is 11.3 Å². The number of amides is 2. The van der Waals surface area contributed by atoms with E-state index in [4.69, 9.17) is 0 Å². The summed E-state index contributed by atoms with van der Waals surface area (Å²) in [5.41, 5.74) is 0.392. The molecule has 1 fully saturated rings. The number of aliphatic hydroxyl groups is 1. The van der Waals surface area contributed by atoms with Crippen LogP contribution in [0.1, 0.15) is 25.3 Å². The maximum atomic E-state index is 12.2. The van der Waals surface area contributed by atoms with Crippen molar-refractivity contribution in [2.24, 2.45) is 0 Å². The van der Waals surface area contributed by atoms with Crippen LogP contribution in [-0.4, -0.2) is 35.8 Å². The van der Waals surface area contributed by atoms with Crippen molar-refractivity contribution >= 4 is 28.9 Å². The van der Waals surface area contributed by atoms with Gasteiger partial charge in [0.15, 0.2) is 5.82 Å². The molecule has 24 heavy (non-hydrogen) atoms. The van der Waals surface area contributed by atoms with E-state index in [2.05, 4.69) is 20.5 Å². The van der Waals surface area contributed by atoms with Crippen LogP contribution in [0.5, 0.6) is 0 Å². The van der Waals surface area contributed by atoms with Crippen molar-refractivity contribution in [3.05, 3.63) is 40.7 Å². The van der Waals surface area contributed by atoms with Gasteiger partial charge in [0.2, 0.25) is 0 Å². The Morgan fingerprint density at radius 3 is 2.92 bits per heavy atom. The van der Waals surface area contributed by atoms with Gasteiger partial charge in [0.05, 0.1) is 12.2 Å². The van der Waals surface area contributed by atoms with Gasteiger partial charge in [-0.15, -0.1) is 0 Å². The van der Waals surface area contributed by atoms with Gasteiger partial charge < -0.3 is 20.6 Å². The van der Waals surface area contributed by atoms with Crippen LogP contribution in [0, 0.1) is 0 Å². The van der Waals surface area contributed by atoms with E-state index >= 15 is 0 Å². The van der Waals surface area contributed by atoms with Gasteiger partial charge in [0.25, 0.3) is 0 Å². The number of carbonyl (C=O) groups excluding carboxylic acids is 1. The molecule has 0 aromatic carbocycles. The van der Waals surface area contributed by atoms with E-state index in [0.29, 0.717) is 5.69 Å². The van der Waals surface area contributed by atoms with E-state index in [1.54, 1.807) is 19.2 Å². The van der Waals surface area contributed by atoms with Crippen molar-refractivity contribution in [3.63, 3.8) is 0 Å². The average molecular weight is 346 g/mol. The number of hydrogen-bond acceptors (Lipinski definition) is 5. The van der Waals surface area contributed by atoms with E-state index in [1.807, 2.05) is 22.9 Å². The summed E-state index contributed by atoms with van der Waals surface area (Å²) in [6.45, 7) is 3.74. The lowest BCUT2D eigenvalue weighted by molar-refractivity contribution is 0.0604. The summed E-state index contributed by atoms with van der Waals surface area (Å²) in [7, 11) is 0. The fraction of sp³-hybridized carbons (Fsp3) is 0.412. The highest BCUT2D eigenvalue weighted by Gasteiger charge is 2.24. The largest absolute Gasteiger partial charge is 0.384 e. The highest BCUT2D eigenvalue weighted by Crippen LogP contribution is 2.26. The van der Waals surface area contributed by atoms with Crippen LogP contribution in [0.4, 0.5) is 16.3 Å². The quantitative estimate of drug-likeness (QED) is 0.778. The van der Waals surface area contributed by atoms with E-state index in [9.17, 15) is 9.90 Å². The SMILES string of the molecule is C[C@](O)(CNC(=O)Nc1cccnc1N1CCCC1)c1ccsc1. The van der Waals surface area contributed by atoms with Gasteiger partial charge in [-0.25, -0.2) is 9.78 Å². The zero-order valence-corrected chi connectivity index (χ0v) is 14.5. The standard InChI is InChI=1S/C17H22N4O2S/c1-17(23,13-6-10-24-11-13)12-19-16(22)20-14-5-4-7-18-15(14)21-8-2-3-9-21/h4-7,10-11,23H,2-3,8-9,12H2,1H3,(H2,19,20,22)/t17-/m0/s1. The number of anilines is 2. The van der Waals surface area contributed by atoms with Crippen molar-refractivity contribution in [2.45, 2.75) is 25.4 Å². The Labute approximate surface area is 145 Å². The van der Waals surface area contributed by atoms with E-state index < -0.39 is 5.60 Å². The van der Waals surface area contributed by atoms with Crippen molar-refractivity contribution in [2.75, 3.05) is 29.9 Å². The fourth-order valence-corrected chi connectivity index (χ4v) is 3.55. The topological polar surface area (TPSA) is 77.5 Å². The molecule has 1 saturated heterocycles. The second-order valence-electron chi connectivity index (χ2n) is 6.16. The summed E-state index contributed by atoms with van der Waals surface area (Å²) in [6, 6.07) is 5.16. The first-order valence-electron chi connectivity index (χ1n) is 8.06. The molecule has 0 aliphatic carbocycles. The van der Waals surface area contributed by atoms with Crippen molar-refractivity contribution in [1.82, 2.24) is 10.3 Å². The van der Waals surface area contributed by atoms with Gasteiger partial charge in [-0.1, -0.05) is 0 Å². The summed E-state index contributed by atoms with van der Waals surface area (Å²) < 4.78 is 0. The van der Waals surface area contributed by atoms with E-state index in [-0.39, 0.29) is 12.6 Å². The Hall–Kier alpha value is -2.12. The third-order valence-electron chi connectivity index (χ3n) is 4.18. The van der Waals surface area contributed by atoms with Crippen LogP contribution >= 0.6 is 11.3 Å². The minimum absolute atomic E-state index is 0.134. The molecule has 1 aliphatic rings. The molecule has 0 spiro atoms. The molecule has 0 radical (unpaired) electrons. The minimum Gasteiger partial charge on any atom is -0.384 e. The molecule has 3 heterocycles. The third kappa shape index (κ3) is 3.85. The third-order valence-corrected chi connectivity index (χ3v) is 4.86. The number of pyridine rings is 1. The summed E-state index contributed by atoms with van der Waals surface area (Å²) in [5, 5.41) is 19.8. The van der Waals surface area contributed by atoms with Gasteiger partial charge >= 0.3 is 6.03 Å².